The summed E-state index contributed by atoms with van der Waals surface area (Å²) in [5.41, 5.74) is 4.39. The molecule has 2 aliphatic heterocycles. The van der Waals surface area contributed by atoms with E-state index in [1.165, 1.54) is 37.1 Å². The number of hydrogen-bond acceptors (Lipinski definition) is 4. The van der Waals surface area contributed by atoms with E-state index in [-0.39, 0.29) is 5.91 Å². The lowest BCUT2D eigenvalue weighted by Gasteiger charge is -2.37. The van der Waals surface area contributed by atoms with Gasteiger partial charge in [0.2, 0.25) is 0 Å². The second-order valence-corrected chi connectivity index (χ2v) is 11.1. The molecular weight excluding hydrogens is 458 g/mol. The Morgan fingerprint density at radius 1 is 1.00 bits per heavy atom. The zero-order valence-corrected chi connectivity index (χ0v) is 23.5. The van der Waals surface area contributed by atoms with E-state index in [4.69, 9.17) is 4.74 Å². The molecule has 0 bridgehead atoms. The molecular formula is C32H47N3O2. The Morgan fingerprint density at radius 3 is 2.46 bits per heavy atom. The summed E-state index contributed by atoms with van der Waals surface area (Å²) in [6.45, 7) is 15.3. The van der Waals surface area contributed by atoms with Gasteiger partial charge in [-0.15, -0.1) is 0 Å². The summed E-state index contributed by atoms with van der Waals surface area (Å²) in [5, 5.41) is 0. The van der Waals surface area contributed by atoms with Crippen molar-refractivity contribution in [1.82, 2.24) is 9.80 Å². The number of piperazine rings is 1. The van der Waals surface area contributed by atoms with E-state index < -0.39 is 0 Å². The molecule has 2 fully saturated rings. The van der Waals surface area contributed by atoms with E-state index in [1.807, 2.05) is 11.8 Å². The predicted octanol–water partition coefficient (Wildman–Crippen LogP) is 6.19. The monoisotopic (exact) mass is 505 g/mol. The van der Waals surface area contributed by atoms with Crippen LogP contribution in [0.4, 0.5) is 5.69 Å². The molecule has 2 unspecified atom stereocenters. The van der Waals surface area contributed by atoms with Crippen molar-refractivity contribution in [3.05, 3.63) is 59.2 Å². The fourth-order valence-electron chi connectivity index (χ4n) is 5.80. The second-order valence-electron chi connectivity index (χ2n) is 11.1. The molecule has 0 N–H and O–H groups in total. The van der Waals surface area contributed by atoms with Gasteiger partial charge < -0.3 is 19.4 Å². The lowest BCUT2D eigenvalue weighted by atomic mass is 9.91. The number of benzene rings is 2. The molecule has 2 aliphatic rings. The molecule has 2 aromatic carbocycles. The highest BCUT2D eigenvalue weighted by Gasteiger charge is 2.25. The molecule has 0 saturated carbocycles. The number of hydrogen-bond donors (Lipinski definition) is 0. The van der Waals surface area contributed by atoms with Gasteiger partial charge in [-0.2, -0.15) is 0 Å². The zero-order chi connectivity index (χ0) is 26.2. The first-order chi connectivity index (χ1) is 18.0. The highest BCUT2D eigenvalue weighted by atomic mass is 16.5. The van der Waals surface area contributed by atoms with Crippen molar-refractivity contribution in [2.45, 2.75) is 72.3 Å². The molecule has 5 heteroatoms. The summed E-state index contributed by atoms with van der Waals surface area (Å²) in [7, 11) is 0. The average Bonchev–Trinajstić information content (AvgIpc) is 2.93. The topological polar surface area (TPSA) is 36.0 Å². The molecule has 4 rings (SSSR count). The van der Waals surface area contributed by atoms with Crippen molar-refractivity contribution in [2.75, 3.05) is 50.8 Å². The van der Waals surface area contributed by atoms with Crippen LogP contribution < -0.4 is 9.64 Å². The number of amides is 1. The SMILES string of the molecule is CCCc1ccc(C)c(C(=O)N2CCN(c3ccc(OCCCN4CC(CC)CCC4C)cc3)CC2)c1. The van der Waals surface area contributed by atoms with Crippen LogP contribution >= 0.6 is 0 Å². The smallest absolute Gasteiger partial charge is 0.254 e. The minimum absolute atomic E-state index is 0.169. The van der Waals surface area contributed by atoms with E-state index in [9.17, 15) is 4.79 Å². The number of carbonyl (C=O) groups is 1. The summed E-state index contributed by atoms with van der Waals surface area (Å²) in [6, 6.07) is 15.5. The fraction of sp³-hybridized carbons (Fsp3) is 0.594. The van der Waals surface area contributed by atoms with Crippen molar-refractivity contribution in [1.29, 1.82) is 0 Å². The largest absolute Gasteiger partial charge is 0.494 e. The molecule has 1 amide bonds. The van der Waals surface area contributed by atoms with Gasteiger partial charge in [-0.25, -0.2) is 0 Å². The van der Waals surface area contributed by atoms with E-state index in [1.54, 1.807) is 0 Å². The van der Waals surface area contributed by atoms with Crippen LogP contribution in [0, 0.1) is 12.8 Å². The quantitative estimate of drug-likeness (QED) is 0.361. The molecule has 0 radical (unpaired) electrons. The summed E-state index contributed by atoms with van der Waals surface area (Å²) in [5.74, 6) is 1.98. The lowest BCUT2D eigenvalue weighted by Crippen LogP contribution is -2.49. The summed E-state index contributed by atoms with van der Waals surface area (Å²) in [4.78, 5) is 20.3. The minimum Gasteiger partial charge on any atom is -0.494 e. The van der Waals surface area contributed by atoms with Crippen molar-refractivity contribution < 1.29 is 9.53 Å². The molecule has 2 saturated heterocycles. The van der Waals surface area contributed by atoms with Gasteiger partial charge in [0.15, 0.2) is 0 Å². The lowest BCUT2D eigenvalue weighted by molar-refractivity contribution is 0.0746. The van der Waals surface area contributed by atoms with Crippen LogP contribution in [0.2, 0.25) is 0 Å². The molecule has 0 aliphatic carbocycles. The molecule has 0 spiro atoms. The van der Waals surface area contributed by atoms with Crippen LogP contribution in [0.3, 0.4) is 0 Å². The van der Waals surface area contributed by atoms with Gasteiger partial charge in [0.05, 0.1) is 6.61 Å². The Labute approximate surface area is 224 Å². The third-order valence-corrected chi connectivity index (χ3v) is 8.38. The standard InChI is InChI=1S/C32H47N3O2/c1-5-8-28-11-9-25(3)31(23-28)32(36)34-20-18-33(19-21-34)29-13-15-30(16-14-29)37-22-7-17-35-24-27(6-2)12-10-26(35)4/h9,11,13-16,23,26-27H,5-8,10,12,17-22,24H2,1-4H3. The number of nitrogens with zero attached hydrogens (tertiary/aromatic N) is 3. The first kappa shape index (κ1) is 27.5. The van der Waals surface area contributed by atoms with Crippen molar-refractivity contribution in [3.8, 4) is 5.75 Å². The maximum atomic E-state index is 13.2. The highest BCUT2D eigenvalue weighted by molar-refractivity contribution is 5.96. The summed E-state index contributed by atoms with van der Waals surface area (Å²) >= 11 is 0. The molecule has 0 aromatic heterocycles. The number of ether oxygens (including phenoxy) is 1. The number of likely N-dealkylation sites (tertiary alicyclic amines) is 1. The van der Waals surface area contributed by atoms with Crippen LogP contribution in [-0.2, 0) is 6.42 Å². The van der Waals surface area contributed by atoms with Crippen molar-refractivity contribution in [2.24, 2.45) is 5.92 Å². The second kappa shape index (κ2) is 13.3. The van der Waals surface area contributed by atoms with Gasteiger partial charge in [0.25, 0.3) is 5.91 Å². The molecule has 5 nitrogen and oxygen atoms in total. The number of carbonyl (C=O) groups excluding carboxylic acids is 1. The van der Waals surface area contributed by atoms with Gasteiger partial charge in [0, 0.05) is 56.6 Å². The van der Waals surface area contributed by atoms with E-state index in [0.717, 1.165) is 81.4 Å². The molecule has 2 aromatic rings. The van der Waals surface area contributed by atoms with Crippen molar-refractivity contribution >= 4 is 11.6 Å². The van der Waals surface area contributed by atoms with Crippen LogP contribution in [0.15, 0.2) is 42.5 Å². The number of piperidine rings is 1. The van der Waals surface area contributed by atoms with Crippen LogP contribution in [0.1, 0.15) is 74.4 Å². The average molecular weight is 506 g/mol. The zero-order valence-electron chi connectivity index (χ0n) is 23.5. The van der Waals surface area contributed by atoms with Gasteiger partial charge >= 0.3 is 0 Å². The molecule has 202 valence electrons. The third-order valence-electron chi connectivity index (χ3n) is 8.38. The Bertz CT molecular complexity index is 998. The Morgan fingerprint density at radius 2 is 1.76 bits per heavy atom. The first-order valence-corrected chi connectivity index (χ1v) is 14.6. The minimum atomic E-state index is 0.169. The van der Waals surface area contributed by atoms with E-state index in [0.29, 0.717) is 6.04 Å². The van der Waals surface area contributed by atoms with E-state index >= 15 is 0 Å². The van der Waals surface area contributed by atoms with Gasteiger partial charge in [-0.3, -0.25) is 4.79 Å². The maximum Gasteiger partial charge on any atom is 0.254 e. The number of aryl methyl sites for hydroxylation is 2. The Kier molecular flexibility index (Phi) is 9.90. The van der Waals surface area contributed by atoms with Crippen molar-refractivity contribution in [3.63, 3.8) is 0 Å². The normalized spacial score (nSPS) is 20.8. The van der Waals surface area contributed by atoms with Gasteiger partial charge in [-0.05, 0) is 86.9 Å². The number of anilines is 1. The third kappa shape index (κ3) is 7.28. The fourth-order valence-corrected chi connectivity index (χ4v) is 5.80. The predicted molar refractivity (Wildman–Crippen MR) is 154 cm³/mol. The maximum absolute atomic E-state index is 13.2. The summed E-state index contributed by atoms with van der Waals surface area (Å²) in [6.07, 6.45) is 7.19. The molecule has 37 heavy (non-hydrogen) atoms. The van der Waals surface area contributed by atoms with Gasteiger partial charge in [-0.1, -0.05) is 38.8 Å². The Hall–Kier alpha value is -2.53. The van der Waals surface area contributed by atoms with Gasteiger partial charge in [0.1, 0.15) is 5.75 Å². The first-order valence-electron chi connectivity index (χ1n) is 14.6. The van der Waals surface area contributed by atoms with Crippen LogP contribution in [0.5, 0.6) is 5.75 Å². The highest BCUT2D eigenvalue weighted by Crippen LogP contribution is 2.25. The molecule has 2 atom stereocenters. The summed E-state index contributed by atoms with van der Waals surface area (Å²) < 4.78 is 6.07. The van der Waals surface area contributed by atoms with Crippen LogP contribution in [-0.4, -0.2) is 67.6 Å². The number of rotatable bonds is 10. The van der Waals surface area contributed by atoms with Crippen LogP contribution in [0.25, 0.3) is 0 Å². The molecule has 2 heterocycles. The van der Waals surface area contributed by atoms with E-state index in [2.05, 4.69) is 73.0 Å². The Balaban J connectivity index is 1.22.